The number of nitrogens with zero attached hydrogens (tertiary/aromatic N) is 1. The number of sulfonamides is 1. The van der Waals surface area contributed by atoms with Gasteiger partial charge < -0.3 is 9.79 Å². The fourth-order valence-corrected chi connectivity index (χ4v) is 1.99. The summed E-state index contributed by atoms with van der Waals surface area (Å²) < 4.78 is 36.4. The molecule has 0 saturated carbocycles. The monoisotopic (exact) mass is 254 g/mol. The lowest BCUT2D eigenvalue weighted by Crippen LogP contribution is -2.22. The molecule has 1 heterocycles. The molecule has 0 fully saturated rings. The Morgan fingerprint density at radius 1 is 1.47 bits per heavy atom. The molecule has 0 aliphatic carbocycles. The Labute approximate surface area is 85.2 Å². The topological polar surface area (TPSA) is 126 Å². The van der Waals surface area contributed by atoms with Crippen molar-refractivity contribution in [2.24, 2.45) is 0 Å². The minimum absolute atomic E-state index is 0.265. The highest BCUT2D eigenvalue weighted by Gasteiger charge is 2.21. The van der Waals surface area contributed by atoms with E-state index in [0.717, 1.165) is 6.20 Å². The van der Waals surface area contributed by atoms with E-state index in [1.165, 1.54) is 23.2 Å². The van der Waals surface area contributed by atoms with Gasteiger partial charge in [-0.05, 0) is 12.1 Å². The lowest BCUT2D eigenvalue weighted by atomic mass is 10.5. The molecule has 15 heavy (non-hydrogen) atoms. The number of hydrogen-bond acceptors (Lipinski definition) is 5. The van der Waals surface area contributed by atoms with Crippen LogP contribution in [0.25, 0.3) is 0 Å². The van der Waals surface area contributed by atoms with Crippen LogP contribution in [0, 0.1) is 0 Å². The first-order valence-corrected chi connectivity index (χ1v) is 6.48. The summed E-state index contributed by atoms with van der Waals surface area (Å²) in [4.78, 5) is 21.1. The van der Waals surface area contributed by atoms with Crippen LogP contribution in [0.1, 0.15) is 0 Å². The fourth-order valence-electron chi connectivity index (χ4n) is 0.652. The second-order valence-electron chi connectivity index (χ2n) is 2.36. The third-order valence-corrected chi connectivity index (χ3v) is 2.83. The summed E-state index contributed by atoms with van der Waals surface area (Å²) in [6.45, 7) is 0. The molecule has 0 amide bonds. The molecule has 0 spiro atoms. The SMILES string of the molecule is O=P(O)(O)ONS(=O)(=O)c1cccnc1. The van der Waals surface area contributed by atoms with Crippen molar-refractivity contribution in [1.29, 1.82) is 0 Å². The number of aromatic nitrogens is 1. The van der Waals surface area contributed by atoms with Crippen molar-refractivity contribution in [2.75, 3.05) is 0 Å². The molecule has 1 aromatic heterocycles. The quantitative estimate of drug-likeness (QED) is 0.483. The molecule has 0 unspecified atom stereocenters. The van der Waals surface area contributed by atoms with Crippen LogP contribution in [0.5, 0.6) is 0 Å². The van der Waals surface area contributed by atoms with Crippen LogP contribution >= 0.6 is 7.82 Å². The Morgan fingerprint density at radius 2 is 2.13 bits per heavy atom. The summed E-state index contributed by atoms with van der Waals surface area (Å²) in [7, 11) is -9.01. The summed E-state index contributed by atoms with van der Waals surface area (Å²) in [6.07, 6.45) is 2.36. The van der Waals surface area contributed by atoms with Gasteiger partial charge in [0.05, 0.1) is 0 Å². The van der Waals surface area contributed by atoms with Gasteiger partial charge in [-0.1, -0.05) is 4.89 Å². The van der Waals surface area contributed by atoms with Crippen LogP contribution in [0.4, 0.5) is 0 Å². The minimum atomic E-state index is -4.89. The van der Waals surface area contributed by atoms with Crippen molar-refractivity contribution in [2.45, 2.75) is 4.90 Å². The lowest BCUT2D eigenvalue weighted by Gasteiger charge is -2.06. The van der Waals surface area contributed by atoms with E-state index in [1.54, 1.807) is 0 Å². The summed E-state index contributed by atoms with van der Waals surface area (Å²) in [5, 5.41) is 0. The first-order valence-electron chi connectivity index (χ1n) is 3.47. The van der Waals surface area contributed by atoms with Crippen LogP contribution in [0.15, 0.2) is 29.4 Å². The van der Waals surface area contributed by atoms with E-state index in [-0.39, 0.29) is 4.90 Å². The standard InChI is InChI=1S/C5H7N2O6PS/c8-14(9,10)13-7-15(11,12)5-2-1-3-6-4-5/h1-4,7H,(H2,8,9,10). The van der Waals surface area contributed by atoms with Gasteiger partial charge in [-0.15, -0.1) is 0 Å². The van der Waals surface area contributed by atoms with Gasteiger partial charge in [0, 0.05) is 12.4 Å². The van der Waals surface area contributed by atoms with Gasteiger partial charge in [-0.25, -0.2) is 13.0 Å². The largest absolute Gasteiger partial charge is 0.487 e. The predicted molar refractivity (Wildman–Crippen MR) is 47.7 cm³/mol. The third-order valence-electron chi connectivity index (χ3n) is 1.21. The number of phosphoric acid groups is 1. The molecule has 0 bridgehead atoms. The normalized spacial score (nSPS) is 12.7. The van der Waals surface area contributed by atoms with E-state index in [1.807, 2.05) is 0 Å². The van der Waals surface area contributed by atoms with Crippen LogP contribution < -0.4 is 4.89 Å². The fraction of sp³-hybridized carbons (Fsp3) is 0. The van der Waals surface area contributed by atoms with Crippen molar-refractivity contribution < 1.29 is 27.4 Å². The van der Waals surface area contributed by atoms with Crippen molar-refractivity contribution in [1.82, 2.24) is 9.87 Å². The van der Waals surface area contributed by atoms with E-state index >= 15 is 0 Å². The van der Waals surface area contributed by atoms with Crippen molar-refractivity contribution in [3.05, 3.63) is 24.5 Å². The van der Waals surface area contributed by atoms with Gasteiger partial charge in [0.1, 0.15) is 4.90 Å². The molecule has 0 aromatic carbocycles. The Kier molecular flexibility index (Phi) is 3.55. The van der Waals surface area contributed by atoms with Crippen molar-refractivity contribution >= 4 is 17.8 Å². The molecular formula is C5H7N2O6PS. The van der Waals surface area contributed by atoms with E-state index in [9.17, 15) is 13.0 Å². The smallest absolute Gasteiger partial charge is 0.302 e. The second-order valence-corrected chi connectivity index (χ2v) is 5.17. The molecule has 1 aromatic rings. The van der Waals surface area contributed by atoms with Gasteiger partial charge in [0.2, 0.25) is 0 Å². The van der Waals surface area contributed by atoms with Crippen LogP contribution in [0.3, 0.4) is 0 Å². The minimum Gasteiger partial charge on any atom is -0.302 e. The van der Waals surface area contributed by atoms with Crippen molar-refractivity contribution in [3.8, 4) is 0 Å². The van der Waals surface area contributed by atoms with E-state index in [2.05, 4.69) is 9.61 Å². The maximum atomic E-state index is 11.3. The van der Waals surface area contributed by atoms with Crippen LogP contribution in [-0.4, -0.2) is 23.2 Å². The van der Waals surface area contributed by atoms with Crippen LogP contribution in [-0.2, 0) is 19.2 Å². The third kappa shape index (κ3) is 4.04. The number of pyridine rings is 1. The Balaban J connectivity index is 2.82. The summed E-state index contributed by atoms with van der Waals surface area (Å²) in [5.41, 5.74) is 0. The average molecular weight is 254 g/mol. The molecule has 0 aliphatic heterocycles. The maximum Gasteiger partial charge on any atom is 0.487 e. The molecular weight excluding hydrogens is 247 g/mol. The first kappa shape index (κ1) is 12.2. The number of nitrogens with one attached hydrogen (secondary N) is 1. The molecule has 3 N–H and O–H groups in total. The van der Waals surface area contributed by atoms with Crippen LogP contribution in [0.2, 0.25) is 0 Å². The summed E-state index contributed by atoms with van der Waals surface area (Å²) in [5.74, 6) is 0. The molecule has 0 aliphatic rings. The van der Waals surface area contributed by atoms with E-state index < -0.39 is 17.8 Å². The van der Waals surface area contributed by atoms with Gasteiger partial charge in [-0.3, -0.25) is 4.98 Å². The lowest BCUT2D eigenvalue weighted by molar-refractivity contribution is 0.169. The summed E-state index contributed by atoms with van der Waals surface area (Å²) >= 11 is 0. The zero-order chi connectivity index (χ0) is 11.5. The molecule has 8 nitrogen and oxygen atoms in total. The number of rotatable bonds is 4. The zero-order valence-electron chi connectivity index (χ0n) is 7.14. The number of hydrogen-bond donors (Lipinski definition) is 3. The second kappa shape index (κ2) is 4.35. The Bertz CT molecular complexity index is 468. The highest BCUT2D eigenvalue weighted by Crippen LogP contribution is 2.34. The van der Waals surface area contributed by atoms with Gasteiger partial charge in [-0.2, -0.15) is 4.62 Å². The molecule has 0 atom stereocenters. The van der Waals surface area contributed by atoms with Gasteiger partial charge in [0.15, 0.2) is 0 Å². The zero-order valence-corrected chi connectivity index (χ0v) is 8.85. The molecule has 10 heteroatoms. The average Bonchev–Trinajstić information content (AvgIpc) is 2.16. The highest BCUT2D eigenvalue weighted by molar-refractivity contribution is 7.89. The van der Waals surface area contributed by atoms with E-state index in [4.69, 9.17) is 9.79 Å². The molecule has 0 saturated heterocycles. The molecule has 1 rings (SSSR count). The maximum absolute atomic E-state index is 11.3. The predicted octanol–water partition coefficient (Wildman–Crippen LogP) is -0.616. The summed E-state index contributed by atoms with van der Waals surface area (Å²) in [6, 6.07) is 2.55. The van der Waals surface area contributed by atoms with E-state index in [0.29, 0.717) is 0 Å². The Morgan fingerprint density at radius 3 is 2.60 bits per heavy atom. The Hall–Kier alpha value is -0.830. The molecule has 84 valence electrons. The van der Waals surface area contributed by atoms with Crippen molar-refractivity contribution in [3.63, 3.8) is 0 Å². The highest BCUT2D eigenvalue weighted by atomic mass is 32.2. The molecule has 0 radical (unpaired) electrons. The van der Waals surface area contributed by atoms with Gasteiger partial charge in [0.25, 0.3) is 10.0 Å². The van der Waals surface area contributed by atoms with Gasteiger partial charge >= 0.3 is 7.82 Å². The first-order chi connectivity index (χ1) is 6.81.